The number of carbonyl (C=O) groups excluding carboxylic acids is 4. The first-order valence-corrected chi connectivity index (χ1v) is 19.3. The van der Waals surface area contributed by atoms with Gasteiger partial charge in [0.2, 0.25) is 11.8 Å². The molecule has 4 amide bonds. The molecule has 58 heavy (non-hydrogen) atoms. The smallest absolute Gasteiger partial charge is 0.417 e. The number of benzene rings is 3. The number of amides is 4. The van der Waals surface area contributed by atoms with Gasteiger partial charge in [-0.25, -0.2) is 4.98 Å². The predicted octanol–water partition coefficient (Wildman–Crippen LogP) is 7.44. The van der Waals surface area contributed by atoms with E-state index in [9.17, 15) is 37.8 Å². The number of imide groups is 2. The third-order valence-corrected chi connectivity index (χ3v) is 12.4. The summed E-state index contributed by atoms with van der Waals surface area (Å²) in [6, 6.07) is 18.1. The van der Waals surface area contributed by atoms with Gasteiger partial charge in [-0.3, -0.25) is 29.5 Å². The number of ether oxygens (including phenoxy) is 1. The second-order valence-corrected chi connectivity index (χ2v) is 15.7. The molecule has 2 saturated heterocycles. The Morgan fingerprint density at radius 3 is 2.33 bits per heavy atom. The van der Waals surface area contributed by atoms with Gasteiger partial charge in [0.1, 0.15) is 5.75 Å². The third-order valence-electron chi connectivity index (χ3n) is 11.8. The van der Waals surface area contributed by atoms with Crippen molar-refractivity contribution in [3.05, 3.63) is 123 Å². The molecule has 6 atom stereocenters. The number of anilines is 1. The third kappa shape index (κ3) is 6.33. The summed E-state index contributed by atoms with van der Waals surface area (Å²) in [5.41, 5.74) is 2.02. The number of fused-ring (bicyclic) bond motifs is 4. The summed E-state index contributed by atoms with van der Waals surface area (Å²) in [7, 11) is 0. The number of nitrogens with one attached hydrogen (secondary N) is 1. The second-order valence-electron chi connectivity index (χ2n) is 14.8. The number of alkyl halides is 3. The van der Waals surface area contributed by atoms with Crippen molar-refractivity contribution in [3.8, 4) is 17.2 Å². The molecule has 0 spiro atoms. The van der Waals surface area contributed by atoms with Crippen molar-refractivity contribution in [2.45, 2.75) is 43.7 Å². The van der Waals surface area contributed by atoms with Crippen molar-refractivity contribution in [1.29, 1.82) is 0 Å². The highest BCUT2D eigenvalue weighted by Gasteiger charge is 2.70. The Bertz CT molecular complexity index is 2380. The topological polar surface area (TPSA) is 149 Å². The first kappa shape index (κ1) is 39.2. The van der Waals surface area contributed by atoms with Crippen LogP contribution in [-0.2, 0) is 37.2 Å². The van der Waals surface area contributed by atoms with E-state index in [2.05, 4.69) is 10.4 Å². The van der Waals surface area contributed by atoms with Crippen LogP contribution in [-0.4, -0.2) is 61.9 Å². The number of phenols is 2. The van der Waals surface area contributed by atoms with Crippen LogP contribution in [0.3, 0.4) is 0 Å². The number of pyridine rings is 1. The van der Waals surface area contributed by atoms with Gasteiger partial charge in [0, 0.05) is 23.7 Å². The van der Waals surface area contributed by atoms with Gasteiger partial charge in [0.15, 0.2) is 17.3 Å². The Balaban J connectivity index is 1.27. The van der Waals surface area contributed by atoms with Crippen molar-refractivity contribution in [2.75, 3.05) is 18.6 Å². The van der Waals surface area contributed by atoms with Crippen molar-refractivity contribution in [1.82, 2.24) is 14.9 Å². The Labute approximate surface area is 340 Å². The van der Waals surface area contributed by atoms with Gasteiger partial charge >= 0.3 is 6.18 Å². The number of phenolic OH excluding ortho intramolecular Hbond substituents is 2. The van der Waals surface area contributed by atoms with Crippen LogP contribution in [0.15, 0.2) is 90.6 Å². The minimum absolute atomic E-state index is 0.0513. The predicted molar refractivity (Wildman–Crippen MR) is 205 cm³/mol. The molecule has 2 aliphatic carbocycles. The number of hydrogen-bond acceptors (Lipinski definition) is 9. The number of aromatic hydroxyl groups is 2. The molecule has 2 aliphatic heterocycles. The normalized spacial score (nSPS) is 25.3. The molecule has 0 bridgehead atoms. The van der Waals surface area contributed by atoms with Gasteiger partial charge in [-0.15, -0.1) is 0 Å². The molecule has 8 rings (SSSR count). The largest absolute Gasteiger partial charge is 0.508 e. The number of nitrogens with zero attached hydrogens (tertiary/aromatic N) is 3. The highest BCUT2D eigenvalue weighted by atomic mass is 35.5. The van der Waals surface area contributed by atoms with Gasteiger partial charge < -0.3 is 14.9 Å². The van der Waals surface area contributed by atoms with Crippen LogP contribution in [0.2, 0.25) is 10.0 Å². The molecule has 4 aliphatic rings. The van der Waals surface area contributed by atoms with E-state index < -0.39 is 69.5 Å². The quantitative estimate of drug-likeness (QED) is 0.116. The standard InChI is InChI=1S/C42H35Cl2F3N4O7/c1-2-58-33-17-22(5-14-32(33)53)35-27-12-13-28-34(39(56)50(37(28)54)16-15-21-3-10-26(52)11-4-21)29(27)19-30-38(55)51(40(57)41(30,35)23-6-8-25(43)9-7-23)49-36-31(44)18-24(20-48-36)42(45,46)47/h3-12,14,17-18,20,28-30,34-35,52-53H,2,13,15-16,19H2,1H3,(H,48,49). The minimum Gasteiger partial charge on any atom is -0.508 e. The van der Waals surface area contributed by atoms with Crippen LogP contribution >= 0.6 is 23.2 Å². The van der Waals surface area contributed by atoms with Crippen LogP contribution in [0.25, 0.3) is 0 Å². The summed E-state index contributed by atoms with van der Waals surface area (Å²) in [6.45, 7) is 2.01. The molecular weight excluding hydrogens is 800 g/mol. The van der Waals surface area contributed by atoms with Gasteiger partial charge in [0.25, 0.3) is 11.8 Å². The number of hydrogen-bond donors (Lipinski definition) is 3. The van der Waals surface area contributed by atoms with E-state index in [1.54, 1.807) is 55.5 Å². The molecule has 6 unspecified atom stereocenters. The molecule has 3 heterocycles. The molecule has 3 fully saturated rings. The molecule has 1 saturated carbocycles. The minimum atomic E-state index is -4.76. The molecule has 1 aromatic heterocycles. The lowest BCUT2D eigenvalue weighted by molar-refractivity contribution is -0.141. The van der Waals surface area contributed by atoms with E-state index in [0.29, 0.717) is 40.4 Å². The highest BCUT2D eigenvalue weighted by molar-refractivity contribution is 6.33. The van der Waals surface area contributed by atoms with E-state index >= 15 is 4.79 Å². The lowest BCUT2D eigenvalue weighted by Gasteiger charge is -2.50. The number of halogens is 5. The molecule has 4 aromatic rings. The monoisotopic (exact) mass is 834 g/mol. The number of aromatic nitrogens is 1. The first-order valence-electron chi connectivity index (χ1n) is 18.6. The number of carbonyl (C=O) groups is 4. The maximum atomic E-state index is 15.4. The van der Waals surface area contributed by atoms with E-state index in [4.69, 9.17) is 27.9 Å². The molecule has 3 aromatic carbocycles. The van der Waals surface area contributed by atoms with Crippen LogP contribution in [0, 0.1) is 23.7 Å². The van der Waals surface area contributed by atoms with Crippen molar-refractivity contribution in [2.24, 2.45) is 23.7 Å². The molecule has 0 radical (unpaired) electrons. The van der Waals surface area contributed by atoms with Crippen molar-refractivity contribution < 1.29 is 47.3 Å². The number of rotatable bonds is 9. The average molecular weight is 836 g/mol. The fraction of sp³-hybridized carbons (Fsp3) is 0.310. The maximum Gasteiger partial charge on any atom is 0.417 e. The van der Waals surface area contributed by atoms with Gasteiger partial charge in [0.05, 0.1) is 40.4 Å². The zero-order valence-electron chi connectivity index (χ0n) is 30.7. The Morgan fingerprint density at radius 1 is 0.931 bits per heavy atom. The van der Waals surface area contributed by atoms with Crippen LogP contribution < -0.4 is 10.2 Å². The highest BCUT2D eigenvalue weighted by Crippen LogP contribution is 2.64. The second kappa shape index (κ2) is 14.7. The lowest BCUT2D eigenvalue weighted by Crippen LogP contribution is -2.53. The van der Waals surface area contributed by atoms with Gasteiger partial charge in [-0.2, -0.15) is 18.2 Å². The Hall–Kier alpha value is -5.60. The summed E-state index contributed by atoms with van der Waals surface area (Å²) >= 11 is 12.6. The average Bonchev–Trinajstić information content (AvgIpc) is 3.56. The molecule has 16 heteroatoms. The summed E-state index contributed by atoms with van der Waals surface area (Å²) in [4.78, 5) is 63.8. The fourth-order valence-corrected chi connectivity index (χ4v) is 9.66. The summed E-state index contributed by atoms with van der Waals surface area (Å²) < 4.78 is 46.3. The lowest BCUT2D eigenvalue weighted by atomic mass is 9.49. The molecule has 11 nitrogen and oxygen atoms in total. The Morgan fingerprint density at radius 2 is 1.66 bits per heavy atom. The van der Waals surface area contributed by atoms with E-state index in [1.807, 2.05) is 6.08 Å². The SMILES string of the molecule is CCOc1cc(C2C3=CCC4C(=O)N(CCc5ccc(O)cc5)C(=O)C4C3CC3C(=O)N(Nc4ncc(C(F)(F)F)cc4Cl)C(=O)C32c2ccc(Cl)cc2)ccc1O. The Kier molecular flexibility index (Phi) is 9.91. The number of likely N-dealkylation sites (tertiary alicyclic amines) is 1. The van der Waals surface area contributed by atoms with Crippen molar-refractivity contribution >= 4 is 52.6 Å². The zero-order chi connectivity index (χ0) is 41.3. The van der Waals surface area contributed by atoms with Gasteiger partial charge in [-0.05, 0) is 91.3 Å². The van der Waals surface area contributed by atoms with Crippen LogP contribution in [0.5, 0.6) is 17.2 Å². The van der Waals surface area contributed by atoms with Crippen LogP contribution in [0.1, 0.15) is 47.9 Å². The first-order chi connectivity index (χ1) is 27.6. The van der Waals surface area contributed by atoms with E-state index in [0.717, 1.165) is 10.6 Å². The fourth-order valence-electron chi connectivity index (χ4n) is 9.33. The van der Waals surface area contributed by atoms with Gasteiger partial charge in [-0.1, -0.05) is 65.2 Å². The molecule has 300 valence electrons. The molecule has 3 N–H and O–H groups in total. The summed E-state index contributed by atoms with van der Waals surface area (Å²) in [5.74, 6) is -7.16. The molecular formula is C42H35Cl2F3N4O7. The summed E-state index contributed by atoms with van der Waals surface area (Å²) in [6.07, 6.45) is -1.90. The zero-order valence-corrected chi connectivity index (χ0v) is 32.2. The van der Waals surface area contributed by atoms with Crippen molar-refractivity contribution in [3.63, 3.8) is 0 Å². The number of hydrazine groups is 1. The van der Waals surface area contributed by atoms with Crippen LogP contribution in [0.4, 0.5) is 19.0 Å². The maximum absolute atomic E-state index is 15.4. The van der Waals surface area contributed by atoms with E-state index in [1.165, 1.54) is 23.1 Å². The van der Waals surface area contributed by atoms with E-state index in [-0.39, 0.29) is 55.0 Å². The summed E-state index contributed by atoms with van der Waals surface area (Å²) in [5, 5.41) is 21.1. The number of allylic oxidation sites excluding steroid dienone is 2.